The average molecular weight is 222 g/mol. The zero-order valence-electron chi connectivity index (χ0n) is 7.70. The first-order chi connectivity index (χ1) is 6.99. The van der Waals surface area contributed by atoms with Gasteiger partial charge in [-0.1, -0.05) is 0 Å². The van der Waals surface area contributed by atoms with Crippen molar-refractivity contribution in [2.75, 3.05) is 13.2 Å². The summed E-state index contributed by atoms with van der Waals surface area (Å²) in [7, 11) is 0. The van der Waals surface area contributed by atoms with Crippen molar-refractivity contribution in [1.29, 1.82) is 0 Å². The fourth-order valence-corrected chi connectivity index (χ4v) is 0.897. The molecule has 0 saturated carbocycles. The molecule has 0 atom stereocenters. The Morgan fingerprint density at radius 2 is 2.20 bits per heavy atom. The van der Waals surface area contributed by atoms with Gasteiger partial charge < -0.3 is 4.74 Å². The van der Waals surface area contributed by atoms with Gasteiger partial charge in [0.2, 0.25) is 0 Å². The minimum Gasteiger partial charge on any atom is -0.370 e. The summed E-state index contributed by atoms with van der Waals surface area (Å²) in [5.74, 6) is 0. The SMILES string of the molecule is O=c1ccncn1CCOCC(F)(F)F. The van der Waals surface area contributed by atoms with Gasteiger partial charge in [0.15, 0.2) is 0 Å². The normalized spacial score (nSPS) is 11.7. The van der Waals surface area contributed by atoms with Crippen molar-refractivity contribution in [3.63, 3.8) is 0 Å². The van der Waals surface area contributed by atoms with Crippen molar-refractivity contribution in [2.24, 2.45) is 0 Å². The largest absolute Gasteiger partial charge is 0.411 e. The quantitative estimate of drug-likeness (QED) is 0.708. The molecule has 1 aromatic rings. The van der Waals surface area contributed by atoms with Gasteiger partial charge in [-0.15, -0.1) is 0 Å². The van der Waals surface area contributed by atoms with Crippen LogP contribution in [-0.4, -0.2) is 28.9 Å². The lowest BCUT2D eigenvalue weighted by atomic mass is 10.6. The predicted molar refractivity (Wildman–Crippen MR) is 45.4 cm³/mol. The Labute approximate surface area is 83.3 Å². The van der Waals surface area contributed by atoms with E-state index >= 15 is 0 Å². The van der Waals surface area contributed by atoms with Crippen LogP contribution in [-0.2, 0) is 11.3 Å². The molecule has 0 amide bonds. The number of hydrogen-bond donors (Lipinski definition) is 0. The highest BCUT2D eigenvalue weighted by Gasteiger charge is 2.27. The van der Waals surface area contributed by atoms with Crippen LogP contribution in [0.5, 0.6) is 0 Å². The van der Waals surface area contributed by atoms with E-state index in [4.69, 9.17) is 0 Å². The molecule has 0 fully saturated rings. The number of halogens is 3. The maximum Gasteiger partial charge on any atom is 0.411 e. The maximum atomic E-state index is 11.7. The van der Waals surface area contributed by atoms with Gasteiger partial charge in [0.05, 0.1) is 19.5 Å². The van der Waals surface area contributed by atoms with E-state index < -0.39 is 12.8 Å². The first-order valence-electron chi connectivity index (χ1n) is 4.14. The average Bonchev–Trinajstić information content (AvgIpc) is 2.13. The summed E-state index contributed by atoms with van der Waals surface area (Å²) < 4.78 is 40.5. The molecule has 0 bridgehead atoms. The van der Waals surface area contributed by atoms with Crippen LogP contribution < -0.4 is 5.56 Å². The van der Waals surface area contributed by atoms with E-state index in [-0.39, 0.29) is 18.7 Å². The van der Waals surface area contributed by atoms with Gasteiger partial charge in [0.1, 0.15) is 6.61 Å². The molecule has 0 aromatic carbocycles. The minimum atomic E-state index is -4.33. The van der Waals surface area contributed by atoms with Gasteiger partial charge in [-0.05, 0) is 0 Å². The molecule has 84 valence electrons. The van der Waals surface area contributed by atoms with E-state index in [2.05, 4.69) is 9.72 Å². The Hall–Kier alpha value is -1.37. The van der Waals surface area contributed by atoms with Crippen molar-refractivity contribution < 1.29 is 17.9 Å². The summed E-state index contributed by atoms with van der Waals surface area (Å²) in [4.78, 5) is 14.7. The highest BCUT2D eigenvalue weighted by atomic mass is 19.4. The van der Waals surface area contributed by atoms with Gasteiger partial charge in [-0.25, -0.2) is 4.98 Å². The third-order valence-corrected chi connectivity index (χ3v) is 1.53. The summed E-state index contributed by atoms with van der Waals surface area (Å²) in [6, 6.07) is 1.23. The molecule has 1 aromatic heterocycles. The van der Waals surface area contributed by atoms with Crippen LogP contribution in [0.25, 0.3) is 0 Å². The van der Waals surface area contributed by atoms with E-state index in [9.17, 15) is 18.0 Å². The summed E-state index contributed by atoms with van der Waals surface area (Å²) in [5.41, 5.74) is -0.319. The number of aromatic nitrogens is 2. The fourth-order valence-electron chi connectivity index (χ4n) is 0.897. The molecule has 0 saturated heterocycles. The van der Waals surface area contributed by atoms with E-state index in [1.54, 1.807) is 0 Å². The summed E-state index contributed by atoms with van der Waals surface area (Å²) in [6.45, 7) is -1.42. The minimum absolute atomic E-state index is 0.0583. The van der Waals surface area contributed by atoms with Gasteiger partial charge in [0.25, 0.3) is 5.56 Å². The molecule has 0 spiro atoms. The van der Waals surface area contributed by atoms with Gasteiger partial charge in [-0.2, -0.15) is 13.2 Å². The molecule has 7 heteroatoms. The van der Waals surface area contributed by atoms with Crippen molar-refractivity contribution in [2.45, 2.75) is 12.7 Å². The van der Waals surface area contributed by atoms with Crippen LogP contribution in [0.3, 0.4) is 0 Å². The number of ether oxygens (including phenoxy) is 1. The van der Waals surface area contributed by atoms with Gasteiger partial charge in [-0.3, -0.25) is 9.36 Å². The molecule has 0 radical (unpaired) electrons. The second kappa shape index (κ2) is 4.92. The van der Waals surface area contributed by atoms with Gasteiger partial charge >= 0.3 is 6.18 Å². The summed E-state index contributed by atoms with van der Waals surface area (Å²) in [6.07, 6.45) is -1.77. The lowest BCUT2D eigenvalue weighted by Crippen LogP contribution is -2.23. The molecule has 1 rings (SSSR count). The van der Waals surface area contributed by atoms with Gasteiger partial charge in [0, 0.05) is 12.3 Å². The molecular formula is C8H9F3N2O2. The Balaban J connectivity index is 2.33. The van der Waals surface area contributed by atoms with Crippen LogP contribution in [0.2, 0.25) is 0 Å². The fraction of sp³-hybridized carbons (Fsp3) is 0.500. The second-order valence-corrected chi connectivity index (χ2v) is 2.78. The maximum absolute atomic E-state index is 11.7. The monoisotopic (exact) mass is 222 g/mol. The van der Waals surface area contributed by atoms with E-state index in [1.807, 2.05) is 0 Å². The number of nitrogens with zero attached hydrogens (tertiary/aromatic N) is 2. The summed E-state index contributed by atoms with van der Waals surface area (Å²) in [5, 5.41) is 0. The number of alkyl halides is 3. The van der Waals surface area contributed by atoms with Crippen LogP contribution in [0.4, 0.5) is 13.2 Å². The third kappa shape index (κ3) is 4.59. The van der Waals surface area contributed by atoms with E-state index in [1.165, 1.54) is 23.2 Å². The number of hydrogen-bond acceptors (Lipinski definition) is 3. The Morgan fingerprint density at radius 3 is 2.80 bits per heavy atom. The summed E-state index contributed by atoms with van der Waals surface area (Å²) >= 11 is 0. The zero-order valence-corrected chi connectivity index (χ0v) is 7.70. The Kier molecular flexibility index (Phi) is 3.84. The highest BCUT2D eigenvalue weighted by molar-refractivity contribution is 4.81. The molecule has 0 unspecified atom stereocenters. The smallest absolute Gasteiger partial charge is 0.370 e. The van der Waals surface area contributed by atoms with Crippen molar-refractivity contribution in [3.05, 3.63) is 28.9 Å². The number of rotatable bonds is 4. The Bertz CT molecular complexity index is 361. The van der Waals surface area contributed by atoms with Crippen molar-refractivity contribution in [1.82, 2.24) is 9.55 Å². The standard InChI is InChI=1S/C8H9F3N2O2/c9-8(10,11)5-15-4-3-13-6-12-2-1-7(13)14/h1-2,6H,3-5H2. The zero-order chi connectivity index (χ0) is 11.3. The molecular weight excluding hydrogens is 213 g/mol. The second-order valence-electron chi connectivity index (χ2n) is 2.78. The van der Waals surface area contributed by atoms with Crippen molar-refractivity contribution >= 4 is 0 Å². The Morgan fingerprint density at radius 1 is 1.47 bits per heavy atom. The van der Waals surface area contributed by atoms with Crippen molar-refractivity contribution in [3.8, 4) is 0 Å². The van der Waals surface area contributed by atoms with Crippen LogP contribution in [0.1, 0.15) is 0 Å². The van der Waals surface area contributed by atoms with Crippen LogP contribution in [0.15, 0.2) is 23.4 Å². The lowest BCUT2D eigenvalue weighted by Gasteiger charge is -2.08. The first kappa shape index (κ1) is 11.7. The molecule has 4 nitrogen and oxygen atoms in total. The molecule has 1 heterocycles. The molecule has 0 aliphatic rings. The van der Waals surface area contributed by atoms with Crippen LogP contribution in [0, 0.1) is 0 Å². The first-order valence-corrected chi connectivity index (χ1v) is 4.14. The topological polar surface area (TPSA) is 44.1 Å². The predicted octanol–water partition coefficient (Wildman–Crippen LogP) is 0.822. The van der Waals surface area contributed by atoms with E-state index in [0.29, 0.717) is 0 Å². The molecule has 15 heavy (non-hydrogen) atoms. The lowest BCUT2D eigenvalue weighted by molar-refractivity contribution is -0.174. The molecule has 0 N–H and O–H groups in total. The van der Waals surface area contributed by atoms with E-state index in [0.717, 1.165) is 0 Å². The molecule has 0 aliphatic heterocycles. The third-order valence-electron chi connectivity index (χ3n) is 1.53. The van der Waals surface area contributed by atoms with Crippen LogP contribution >= 0.6 is 0 Å². The highest BCUT2D eigenvalue weighted by Crippen LogP contribution is 2.14. The molecule has 0 aliphatic carbocycles.